The van der Waals surface area contributed by atoms with Crippen LogP contribution in [0.2, 0.25) is 10.0 Å². The molecule has 2 amide bonds. The predicted molar refractivity (Wildman–Crippen MR) is 179 cm³/mol. The van der Waals surface area contributed by atoms with E-state index in [-0.39, 0.29) is 18.8 Å². The maximum Gasteiger partial charge on any atom is 0.416 e. The summed E-state index contributed by atoms with van der Waals surface area (Å²) in [6.07, 6.45) is -3.38. The van der Waals surface area contributed by atoms with Crippen LogP contribution >= 0.6 is 23.2 Å². The van der Waals surface area contributed by atoms with E-state index in [9.17, 15) is 22.8 Å². The molecule has 0 aliphatic carbocycles. The van der Waals surface area contributed by atoms with Gasteiger partial charge in [-0.25, -0.2) is 0 Å². The molecule has 0 saturated heterocycles. The van der Waals surface area contributed by atoms with Gasteiger partial charge < -0.3 is 25.0 Å². The smallest absolute Gasteiger partial charge is 0.416 e. The topological polar surface area (TPSA) is 79.9 Å². The van der Waals surface area contributed by atoms with E-state index in [2.05, 4.69) is 10.6 Å². The second kappa shape index (κ2) is 14.7. The number of anilines is 1. The minimum atomic E-state index is -4.61. The molecular formula is C36H32Cl2F3N3O4. The largest absolute Gasteiger partial charge is 0.489 e. The number of halogens is 5. The van der Waals surface area contributed by atoms with Gasteiger partial charge in [-0.05, 0) is 60.5 Å². The third-order valence-electron chi connectivity index (χ3n) is 7.85. The monoisotopic (exact) mass is 697 g/mol. The summed E-state index contributed by atoms with van der Waals surface area (Å²) in [6.45, 7) is 1.64. The first-order chi connectivity index (χ1) is 22.8. The lowest BCUT2D eigenvalue weighted by Crippen LogP contribution is -2.50. The van der Waals surface area contributed by atoms with Crippen LogP contribution in [-0.2, 0) is 40.1 Å². The standard InChI is InChI=1S/C36H32Cl2F3N3O4/c1-35(48-22-25-11-5-8-14-30(25)38)32(18-26-17-27(15-16-31(26)43-35)47-21-24-10-4-7-13-29(24)37)44(2)34(46)20-42-33(45)19-23-9-3-6-12-28(23)36(39,40)41/h3-18,43H,19-22H2,1-2H3,(H,42,45). The van der Waals surface area contributed by atoms with Crippen LogP contribution in [0.4, 0.5) is 18.9 Å². The first-order valence-corrected chi connectivity index (χ1v) is 15.7. The van der Waals surface area contributed by atoms with Gasteiger partial charge in [0.05, 0.1) is 30.8 Å². The average molecular weight is 699 g/mol. The van der Waals surface area contributed by atoms with E-state index in [1.54, 1.807) is 31.2 Å². The molecule has 1 aliphatic rings. The summed E-state index contributed by atoms with van der Waals surface area (Å²) in [7, 11) is 1.53. The molecule has 1 aliphatic heterocycles. The molecule has 48 heavy (non-hydrogen) atoms. The number of nitrogens with one attached hydrogen (secondary N) is 2. The molecule has 4 aromatic rings. The zero-order chi connectivity index (χ0) is 34.5. The summed E-state index contributed by atoms with van der Waals surface area (Å²) >= 11 is 12.7. The first kappa shape index (κ1) is 34.8. The summed E-state index contributed by atoms with van der Waals surface area (Å²) in [5.41, 5.74) is 1.04. The highest BCUT2D eigenvalue weighted by molar-refractivity contribution is 6.31. The Labute approximate surface area is 286 Å². The molecule has 12 heteroatoms. The van der Waals surface area contributed by atoms with E-state index in [1.165, 1.54) is 30.1 Å². The van der Waals surface area contributed by atoms with E-state index in [0.717, 1.165) is 17.2 Å². The van der Waals surface area contributed by atoms with E-state index in [1.807, 2.05) is 48.5 Å². The van der Waals surface area contributed by atoms with E-state index >= 15 is 0 Å². The third kappa shape index (κ3) is 8.31. The highest BCUT2D eigenvalue weighted by Crippen LogP contribution is 2.38. The van der Waals surface area contributed by atoms with Gasteiger partial charge in [-0.3, -0.25) is 9.59 Å². The Bertz CT molecular complexity index is 1850. The van der Waals surface area contributed by atoms with Gasteiger partial charge in [0.1, 0.15) is 12.4 Å². The third-order valence-corrected chi connectivity index (χ3v) is 8.59. The van der Waals surface area contributed by atoms with Gasteiger partial charge in [0, 0.05) is 33.9 Å². The van der Waals surface area contributed by atoms with E-state index in [4.69, 9.17) is 32.7 Å². The molecular weight excluding hydrogens is 666 g/mol. The fraction of sp³-hybridized carbons (Fsp3) is 0.222. The molecule has 0 radical (unpaired) electrons. The Hall–Kier alpha value is -4.51. The number of amides is 2. The van der Waals surface area contributed by atoms with Crippen molar-refractivity contribution in [2.24, 2.45) is 0 Å². The van der Waals surface area contributed by atoms with Gasteiger partial charge in [0.15, 0.2) is 5.72 Å². The normalized spacial score (nSPS) is 15.5. The Morgan fingerprint density at radius 2 is 1.48 bits per heavy atom. The lowest BCUT2D eigenvalue weighted by Gasteiger charge is -2.41. The Morgan fingerprint density at radius 1 is 0.875 bits per heavy atom. The van der Waals surface area contributed by atoms with Gasteiger partial charge in [-0.2, -0.15) is 13.2 Å². The number of nitrogens with zero attached hydrogens (tertiary/aromatic N) is 1. The van der Waals surface area contributed by atoms with Crippen LogP contribution in [0.25, 0.3) is 6.08 Å². The van der Waals surface area contributed by atoms with E-state index < -0.39 is 42.2 Å². The maximum atomic E-state index is 13.5. The molecule has 0 aromatic heterocycles. The molecule has 1 atom stereocenters. The van der Waals surface area contributed by atoms with Gasteiger partial charge in [-0.15, -0.1) is 0 Å². The number of ether oxygens (including phenoxy) is 2. The van der Waals surface area contributed by atoms with Crippen molar-refractivity contribution in [3.8, 4) is 5.75 Å². The lowest BCUT2D eigenvalue weighted by molar-refractivity contribution is -0.138. The van der Waals surface area contributed by atoms with Crippen molar-refractivity contribution < 1.29 is 32.2 Å². The van der Waals surface area contributed by atoms with Gasteiger partial charge in [-0.1, -0.05) is 77.8 Å². The summed E-state index contributed by atoms with van der Waals surface area (Å²) < 4.78 is 52.7. The number of hydrogen-bond donors (Lipinski definition) is 2. The molecule has 5 rings (SSSR count). The van der Waals surface area contributed by atoms with Crippen LogP contribution in [0.15, 0.2) is 96.7 Å². The Kier molecular flexibility index (Phi) is 10.7. The Morgan fingerprint density at radius 3 is 2.12 bits per heavy atom. The zero-order valence-corrected chi connectivity index (χ0v) is 27.5. The summed E-state index contributed by atoms with van der Waals surface area (Å²) in [6, 6.07) is 24.9. The van der Waals surface area contributed by atoms with Crippen LogP contribution in [0.3, 0.4) is 0 Å². The van der Waals surface area contributed by atoms with Gasteiger partial charge in [0.2, 0.25) is 11.8 Å². The number of alkyl halides is 3. The molecule has 250 valence electrons. The van der Waals surface area contributed by atoms with Gasteiger partial charge in [0.25, 0.3) is 0 Å². The maximum absolute atomic E-state index is 13.5. The molecule has 1 unspecified atom stereocenters. The van der Waals surface area contributed by atoms with Gasteiger partial charge >= 0.3 is 6.18 Å². The highest BCUT2D eigenvalue weighted by atomic mass is 35.5. The number of hydrogen-bond acceptors (Lipinski definition) is 5. The molecule has 4 aromatic carbocycles. The van der Waals surface area contributed by atoms with Crippen molar-refractivity contribution in [3.05, 3.63) is 135 Å². The molecule has 0 bridgehead atoms. The minimum absolute atomic E-state index is 0.103. The van der Waals surface area contributed by atoms with E-state index in [0.29, 0.717) is 32.7 Å². The van der Waals surface area contributed by atoms with Crippen molar-refractivity contribution in [1.82, 2.24) is 10.2 Å². The fourth-order valence-electron chi connectivity index (χ4n) is 5.22. The number of fused-ring (bicyclic) bond motifs is 1. The first-order valence-electron chi connectivity index (χ1n) is 14.9. The average Bonchev–Trinajstić information content (AvgIpc) is 3.05. The van der Waals surface area contributed by atoms with Crippen molar-refractivity contribution in [2.45, 2.75) is 38.5 Å². The molecule has 0 saturated carbocycles. The SMILES string of the molecule is CN(C(=O)CNC(=O)Cc1ccccc1C(F)(F)F)C1=Cc2cc(OCc3ccccc3Cl)ccc2NC1(C)OCc1ccccc1Cl. The highest BCUT2D eigenvalue weighted by Gasteiger charge is 2.38. The van der Waals surface area contributed by atoms with Crippen LogP contribution < -0.4 is 15.4 Å². The molecule has 0 fully saturated rings. The number of benzene rings is 4. The molecule has 0 spiro atoms. The Balaban J connectivity index is 1.35. The predicted octanol–water partition coefficient (Wildman–Crippen LogP) is 8.11. The van der Waals surface area contributed by atoms with Crippen LogP contribution in [0, 0.1) is 0 Å². The zero-order valence-electron chi connectivity index (χ0n) is 26.0. The van der Waals surface area contributed by atoms with Crippen LogP contribution in [0.5, 0.6) is 5.75 Å². The molecule has 7 nitrogen and oxygen atoms in total. The molecule has 1 heterocycles. The fourth-order valence-corrected chi connectivity index (χ4v) is 5.61. The minimum Gasteiger partial charge on any atom is -0.489 e. The number of carbonyl (C=O) groups is 2. The van der Waals surface area contributed by atoms with Crippen molar-refractivity contribution in [1.29, 1.82) is 0 Å². The van der Waals surface area contributed by atoms with Crippen molar-refractivity contribution in [3.63, 3.8) is 0 Å². The summed E-state index contributed by atoms with van der Waals surface area (Å²) in [5, 5.41) is 6.93. The lowest BCUT2D eigenvalue weighted by atomic mass is 9.99. The number of likely N-dealkylation sites (N-methyl/N-ethyl adjacent to an activating group) is 1. The summed E-state index contributed by atoms with van der Waals surface area (Å²) in [5.74, 6) is -0.692. The number of rotatable bonds is 11. The summed E-state index contributed by atoms with van der Waals surface area (Å²) in [4.78, 5) is 27.5. The van der Waals surface area contributed by atoms with Crippen LogP contribution in [0.1, 0.15) is 34.7 Å². The second-order valence-corrected chi connectivity index (χ2v) is 12.1. The van der Waals surface area contributed by atoms with Crippen molar-refractivity contribution in [2.75, 3.05) is 18.9 Å². The van der Waals surface area contributed by atoms with Crippen molar-refractivity contribution >= 4 is 46.8 Å². The van der Waals surface area contributed by atoms with Crippen LogP contribution in [-0.4, -0.2) is 36.0 Å². The number of carbonyl (C=O) groups excluding carboxylic acids is 2. The molecule has 2 N–H and O–H groups in total. The quantitative estimate of drug-likeness (QED) is 0.166. The second-order valence-electron chi connectivity index (χ2n) is 11.3.